The fraction of sp³-hybridized carbons (Fsp3) is 0.400. The summed E-state index contributed by atoms with van der Waals surface area (Å²) in [6, 6.07) is 22.5. The molecule has 1 fully saturated rings. The summed E-state index contributed by atoms with van der Waals surface area (Å²) in [5.74, 6) is 1.27. The van der Waals surface area contributed by atoms with E-state index in [0.717, 1.165) is 12.5 Å². The average Bonchev–Trinajstić information content (AvgIpc) is 2.48. The van der Waals surface area contributed by atoms with Gasteiger partial charge in [0.2, 0.25) is 0 Å². The van der Waals surface area contributed by atoms with Crippen molar-refractivity contribution in [3.8, 4) is 0 Å². The predicted octanol–water partition coefficient (Wildman–Crippen LogP) is 4.60. The van der Waals surface area contributed by atoms with Gasteiger partial charge in [0.15, 0.2) is 0 Å². The minimum absolute atomic E-state index is 0.456. The van der Waals surface area contributed by atoms with Crippen LogP contribution in [0.2, 0.25) is 0 Å². The van der Waals surface area contributed by atoms with Crippen LogP contribution in [0.3, 0.4) is 0 Å². The summed E-state index contributed by atoms with van der Waals surface area (Å²) in [7, 11) is 0. The topological polar surface area (TPSA) is 12.0 Å². The highest BCUT2D eigenvalue weighted by atomic mass is 14.9. The van der Waals surface area contributed by atoms with E-state index in [9.17, 15) is 0 Å². The standard InChI is InChI=1S/C20H25N/c1-2-21-20(18-14-9-15-18)19(16-10-5-3-6-11-16)17-12-7-4-8-13-17/h3-8,10-13,18-21H,2,9,14-15H2,1H3. The van der Waals surface area contributed by atoms with Crippen molar-refractivity contribution in [2.75, 3.05) is 6.54 Å². The number of nitrogens with one attached hydrogen (secondary N) is 1. The highest BCUT2D eigenvalue weighted by molar-refractivity contribution is 5.34. The number of hydrogen-bond donors (Lipinski definition) is 1. The molecular weight excluding hydrogens is 254 g/mol. The molecular formula is C20H25N. The minimum Gasteiger partial charge on any atom is -0.313 e. The number of rotatable bonds is 6. The van der Waals surface area contributed by atoms with E-state index >= 15 is 0 Å². The molecule has 1 saturated carbocycles. The zero-order chi connectivity index (χ0) is 14.5. The van der Waals surface area contributed by atoms with Crippen molar-refractivity contribution < 1.29 is 0 Å². The van der Waals surface area contributed by atoms with E-state index in [1.165, 1.54) is 30.4 Å². The molecule has 1 aliphatic rings. The maximum atomic E-state index is 3.78. The summed E-state index contributed by atoms with van der Waals surface area (Å²) in [4.78, 5) is 0. The van der Waals surface area contributed by atoms with Gasteiger partial charge in [0, 0.05) is 12.0 Å². The Kier molecular flexibility index (Phi) is 4.72. The van der Waals surface area contributed by atoms with Crippen molar-refractivity contribution in [3.63, 3.8) is 0 Å². The fourth-order valence-electron chi connectivity index (χ4n) is 3.52. The number of benzene rings is 2. The fourth-order valence-corrected chi connectivity index (χ4v) is 3.52. The molecule has 0 radical (unpaired) electrons. The first kappa shape index (κ1) is 14.3. The largest absolute Gasteiger partial charge is 0.313 e. The maximum Gasteiger partial charge on any atom is 0.0246 e. The summed E-state index contributed by atoms with van der Waals surface area (Å²) in [5, 5.41) is 3.78. The van der Waals surface area contributed by atoms with E-state index in [1.807, 2.05) is 0 Å². The van der Waals surface area contributed by atoms with Crippen molar-refractivity contribution in [2.45, 2.75) is 38.1 Å². The summed E-state index contributed by atoms with van der Waals surface area (Å²) in [5.41, 5.74) is 2.86. The minimum atomic E-state index is 0.456. The van der Waals surface area contributed by atoms with Crippen LogP contribution in [0.15, 0.2) is 60.7 Å². The molecule has 0 heterocycles. The van der Waals surface area contributed by atoms with Gasteiger partial charge < -0.3 is 5.32 Å². The van der Waals surface area contributed by atoms with E-state index in [-0.39, 0.29) is 0 Å². The third kappa shape index (κ3) is 3.19. The third-order valence-electron chi connectivity index (χ3n) is 4.77. The molecule has 0 aromatic heterocycles. The van der Waals surface area contributed by atoms with Crippen LogP contribution in [0.4, 0.5) is 0 Å². The molecule has 3 rings (SSSR count). The molecule has 0 spiro atoms. The summed E-state index contributed by atoms with van der Waals surface area (Å²) < 4.78 is 0. The van der Waals surface area contributed by atoms with Crippen LogP contribution in [-0.2, 0) is 0 Å². The van der Waals surface area contributed by atoms with E-state index in [0.29, 0.717) is 12.0 Å². The first-order chi connectivity index (χ1) is 10.4. The van der Waals surface area contributed by atoms with Crippen LogP contribution in [0.25, 0.3) is 0 Å². The summed E-state index contributed by atoms with van der Waals surface area (Å²) in [6.45, 7) is 3.26. The van der Waals surface area contributed by atoms with Gasteiger partial charge in [-0.2, -0.15) is 0 Å². The highest BCUT2D eigenvalue weighted by Crippen LogP contribution is 2.39. The lowest BCUT2D eigenvalue weighted by Crippen LogP contribution is -2.44. The van der Waals surface area contributed by atoms with Crippen molar-refractivity contribution in [3.05, 3.63) is 71.8 Å². The van der Waals surface area contributed by atoms with Crippen LogP contribution in [0.1, 0.15) is 43.2 Å². The Labute approximate surface area is 128 Å². The Bertz CT molecular complexity index is 491. The quantitative estimate of drug-likeness (QED) is 0.815. The van der Waals surface area contributed by atoms with E-state index in [4.69, 9.17) is 0 Å². The lowest BCUT2D eigenvalue weighted by molar-refractivity contribution is 0.215. The molecule has 2 aromatic carbocycles. The van der Waals surface area contributed by atoms with Gasteiger partial charge in [-0.15, -0.1) is 0 Å². The Hall–Kier alpha value is -1.60. The normalized spacial score (nSPS) is 16.7. The molecule has 1 N–H and O–H groups in total. The van der Waals surface area contributed by atoms with Gasteiger partial charge in [-0.3, -0.25) is 0 Å². The molecule has 1 atom stereocenters. The predicted molar refractivity (Wildman–Crippen MR) is 89.5 cm³/mol. The lowest BCUT2D eigenvalue weighted by Gasteiger charge is -2.40. The SMILES string of the molecule is CCNC(C1CCC1)C(c1ccccc1)c1ccccc1. The average molecular weight is 279 g/mol. The summed E-state index contributed by atoms with van der Waals surface area (Å²) in [6.07, 6.45) is 4.13. The number of hydrogen-bond acceptors (Lipinski definition) is 1. The lowest BCUT2D eigenvalue weighted by atomic mass is 9.71. The smallest absolute Gasteiger partial charge is 0.0246 e. The molecule has 110 valence electrons. The Morgan fingerprint density at radius 3 is 1.81 bits per heavy atom. The van der Waals surface area contributed by atoms with Crippen molar-refractivity contribution in [2.24, 2.45) is 5.92 Å². The third-order valence-corrected chi connectivity index (χ3v) is 4.77. The molecule has 0 saturated heterocycles. The second-order valence-corrected chi connectivity index (χ2v) is 6.07. The van der Waals surface area contributed by atoms with E-state index < -0.39 is 0 Å². The Balaban J connectivity index is 1.98. The van der Waals surface area contributed by atoms with Gasteiger partial charge in [0.25, 0.3) is 0 Å². The molecule has 0 amide bonds. The Morgan fingerprint density at radius 1 is 0.905 bits per heavy atom. The maximum absolute atomic E-state index is 3.78. The zero-order valence-corrected chi connectivity index (χ0v) is 12.8. The van der Waals surface area contributed by atoms with Gasteiger partial charge in [0.1, 0.15) is 0 Å². The summed E-state index contributed by atoms with van der Waals surface area (Å²) >= 11 is 0. The van der Waals surface area contributed by atoms with Gasteiger partial charge in [-0.05, 0) is 36.4 Å². The molecule has 1 unspecified atom stereocenters. The van der Waals surface area contributed by atoms with E-state index in [2.05, 4.69) is 72.9 Å². The highest BCUT2D eigenvalue weighted by Gasteiger charge is 2.34. The van der Waals surface area contributed by atoms with Gasteiger partial charge in [-0.25, -0.2) is 0 Å². The van der Waals surface area contributed by atoms with Crippen LogP contribution < -0.4 is 5.32 Å². The van der Waals surface area contributed by atoms with Crippen molar-refractivity contribution in [1.29, 1.82) is 0 Å². The molecule has 1 nitrogen and oxygen atoms in total. The second kappa shape index (κ2) is 6.91. The van der Waals surface area contributed by atoms with Crippen LogP contribution >= 0.6 is 0 Å². The van der Waals surface area contributed by atoms with Crippen LogP contribution in [0, 0.1) is 5.92 Å². The van der Waals surface area contributed by atoms with Crippen molar-refractivity contribution in [1.82, 2.24) is 5.32 Å². The van der Waals surface area contributed by atoms with Gasteiger partial charge in [0.05, 0.1) is 0 Å². The van der Waals surface area contributed by atoms with Crippen molar-refractivity contribution >= 4 is 0 Å². The van der Waals surface area contributed by atoms with E-state index in [1.54, 1.807) is 0 Å². The Morgan fingerprint density at radius 2 is 1.43 bits per heavy atom. The first-order valence-electron chi connectivity index (χ1n) is 8.23. The second-order valence-electron chi connectivity index (χ2n) is 6.07. The first-order valence-corrected chi connectivity index (χ1v) is 8.23. The van der Waals surface area contributed by atoms with Crippen LogP contribution in [0.5, 0.6) is 0 Å². The van der Waals surface area contributed by atoms with Gasteiger partial charge >= 0.3 is 0 Å². The zero-order valence-electron chi connectivity index (χ0n) is 12.8. The molecule has 21 heavy (non-hydrogen) atoms. The molecule has 1 heteroatoms. The van der Waals surface area contributed by atoms with Gasteiger partial charge in [-0.1, -0.05) is 74.0 Å². The molecule has 0 aliphatic heterocycles. The molecule has 2 aromatic rings. The molecule has 0 bridgehead atoms. The number of likely N-dealkylation sites (N-methyl/N-ethyl adjacent to an activating group) is 1. The molecule has 1 aliphatic carbocycles. The monoisotopic (exact) mass is 279 g/mol. The van der Waals surface area contributed by atoms with Crippen LogP contribution in [-0.4, -0.2) is 12.6 Å².